The van der Waals surface area contributed by atoms with Gasteiger partial charge in [-0.3, -0.25) is 4.79 Å². The molecule has 0 radical (unpaired) electrons. The van der Waals surface area contributed by atoms with Crippen LogP contribution in [0.4, 0.5) is 0 Å². The zero-order valence-electron chi connectivity index (χ0n) is 6.07. The second-order valence-electron chi connectivity index (χ2n) is 2.16. The SMILES string of the molecule is CCCC(=O)C(Cl)CCCl. The number of carbonyl (C=O) groups excluding carboxylic acids is 1. The second kappa shape index (κ2) is 5.99. The van der Waals surface area contributed by atoms with E-state index in [-0.39, 0.29) is 11.2 Å². The van der Waals surface area contributed by atoms with Crippen molar-refractivity contribution in [3.8, 4) is 0 Å². The maximum absolute atomic E-state index is 10.9. The maximum atomic E-state index is 10.9. The van der Waals surface area contributed by atoms with Gasteiger partial charge in [-0.1, -0.05) is 6.92 Å². The second-order valence-corrected chi connectivity index (χ2v) is 3.07. The normalized spacial score (nSPS) is 13.1. The molecule has 1 atom stereocenters. The summed E-state index contributed by atoms with van der Waals surface area (Å²) >= 11 is 11.1. The van der Waals surface area contributed by atoms with Crippen molar-refractivity contribution < 1.29 is 4.79 Å². The summed E-state index contributed by atoms with van der Waals surface area (Å²) in [5.41, 5.74) is 0. The molecule has 0 N–H and O–H groups in total. The summed E-state index contributed by atoms with van der Waals surface area (Å²) in [4.78, 5) is 10.9. The third kappa shape index (κ3) is 4.13. The van der Waals surface area contributed by atoms with Gasteiger partial charge < -0.3 is 0 Å². The summed E-state index contributed by atoms with van der Waals surface area (Å²) < 4.78 is 0. The molecule has 1 unspecified atom stereocenters. The smallest absolute Gasteiger partial charge is 0.150 e. The Morgan fingerprint density at radius 2 is 2.20 bits per heavy atom. The van der Waals surface area contributed by atoms with Gasteiger partial charge in [-0.2, -0.15) is 0 Å². The van der Waals surface area contributed by atoms with Crippen molar-refractivity contribution in [2.75, 3.05) is 5.88 Å². The van der Waals surface area contributed by atoms with Gasteiger partial charge in [-0.05, 0) is 12.8 Å². The first-order chi connectivity index (χ1) is 4.72. The molecule has 0 aromatic carbocycles. The van der Waals surface area contributed by atoms with Gasteiger partial charge in [0.05, 0.1) is 5.38 Å². The molecular weight excluding hydrogens is 171 g/mol. The molecular formula is C7H12Cl2O. The first kappa shape index (κ1) is 10.2. The minimum Gasteiger partial charge on any atom is -0.298 e. The van der Waals surface area contributed by atoms with E-state index in [0.29, 0.717) is 18.7 Å². The highest BCUT2D eigenvalue weighted by Gasteiger charge is 2.12. The standard InChI is InChI=1S/C7H12Cl2O/c1-2-3-7(10)6(9)4-5-8/h6H,2-5H2,1H3. The van der Waals surface area contributed by atoms with Crippen LogP contribution < -0.4 is 0 Å². The average molecular weight is 183 g/mol. The van der Waals surface area contributed by atoms with Crippen LogP contribution in [-0.4, -0.2) is 17.0 Å². The van der Waals surface area contributed by atoms with E-state index >= 15 is 0 Å². The van der Waals surface area contributed by atoms with Crippen LogP contribution in [0, 0.1) is 0 Å². The van der Waals surface area contributed by atoms with Crippen LogP contribution in [-0.2, 0) is 4.79 Å². The highest BCUT2D eigenvalue weighted by atomic mass is 35.5. The number of alkyl halides is 2. The molecule has 1 nitrogen and oxygen atoms in total. The van der Waals surface area contributed by atoms with Crippen LogP contribution in [0.5, 0.6) is 0 Å². The monoisotopic (exact) mass is 182 g/mol. The number of rotatable bonds is 5. The Morgan fingerprint density at radius 3 is 2.60 bits per heavy atom. The van der Waals surface area contributed by atoms with Crippen molar-refractivity contribution in [2.24, 2.45) is 0 Å². The quantitative estimate of drug-likeness (QED) is 0.598. The fourth-order valence-electron chi connectivity index (χ4n) is 0.660. The van der Waals surface area contributed by atoms with Gasteiger partial charge in [0.2, 0.25) is 0 Å². The third-order valence-corrected chi connectivity index (χ3v) is 1.89. The predicted molar refractivity (Wildman–Crippen MR) is 44.9 cm³/mol. The summed E-state index contributed by atoms with van der Waals surface area (Å²) in [6.45, 7) is 1.96. The van der Waals surface area contributed by atoms with Crippen LogP contribution in [0.1, 0.15) is 26.2 Å². The lowest BCUT2D eigenvalue weighted by Gasteiger charge is -2.03. The molecule has 0 saturated carbocycles. The van der Waals surface area contributed by atoms with Crippen LogP contribution >= 0.6 is 23.2 Å². The number of hydrogen-bond donors (Lipinski definition) is 0. The molecule has 0 aliphatic rings. The van der Waals surface area contributed by atoms with Crippen molar-refractivity contribution in [2.45, 2.75) is 31.6 Å². The van der Waals surface area contributed by atoms with Crippen molar-refractivity contribution >= 4 is 29.0 Å². The Labute approximate surface area is 71.7 Å². The molecule has 0 amide bonds. The van der Waals surface area contributed by atoms with Gasteiger partial charge in [0.25, 0.3) is 0 Å². The van der Waals surface area contributed by atoms with E-state index in [4.69, 9.17) is 23.2 Å². The average Bonchev–Trinajstić information content (AvgIpc) is 1.89. The summed E-state index contributed by atoms with van der Waals surface area (Å²) in [5, 5.41) is -0.363. The van der Waals surface area contributed by atoms with E-state index in [0.717, 1.165) is 6.42 Å². The van der Waals surface area contributed by atoms with E-state index in [2.05, 4.69) is 0 Å². The van der Waals surface area contributed by atoms with Crippen LogP contribution in [0.2, 0.25) is 0 Å². The van der Waals surface area contributed by atoms with Crippen molar-refractivity contribution in [1.82, 2.24) is 0 Å². The third-order valence-electron chi connectivity index (χ3n) is 1.21. The minimum absolute atomic E-state index is 0.116. The van der Waals surface area contributed by atoms with Gasteiger partial charge in [-0.25, -0.2) is 0 Å². The molecule has 0 aliphatic carbocycles. The molecule has 0 aromatic rings. The van der Waals surface area contributed by atoms with Crippen LogP contribution in [0.25, 0.3) is 0 Å². The van der Waals surface area contributed by atoms with Gasteiger partial charge in [-0.15, -0.1) is 23.2 Å². The summed E-state index contributed by atoms with van der Waals surface area (Å²) in [7, 11) is 0. The Bertz CT molecular complexity index is 104. The molecule has 0 heterocycles. The minimum atomic E-state index is -0.363. The summed E-state index contributed by atoms with van der Waals surface area (Å²) in [6.07, 6.45) is 2.03. The van der Waals surface area contributed by atoms with Gasteiger partial charge >= 0.3 is 0 Å². The zero-order chi connectivity index (χ0) is 7.98. The molecule has 0 fully saturated rings. The van der Waals surface area contributed by atoms with E-state index in [9.17, 15) is 4.79 Å². The molecule has 0 spiro atoms. The van der Waals surface area contributed by atoms with Crippen molar-refractivity contribution in [3.63, 3.8) is 0 Å². The Kier molecular flexibility index (Phi) is 6.14. The first-order valence-electron chi connectivity index (χ1n) is 3.45. The Hall–Kier alpha value is 0.250. The first-order valence-corrected chi connectivity index (χ1v) is 4.42. The highest BCUT2D eigenvalue weighted by molar-refractivity contribution is 6.31. The van der Waals surface area contributed by atoms with E-state index in [1.165, 1.54) is 0 Å². The topological polar surface area (TPSA) is 17.1 Å². The number of carbonyl (C=O) groups is 1. The maximum Gasteiger partial charge on any atom is 0.150 e. The van der Waals surface area contributed by atoms with Crippen molar-refractivity contribution in [1.29, 1.82) is 0 Å². The lowest BCUT2D eigenvalue weighted by molar-refractivity contribution is -0.118. The lowest BCUT2D eigenvalue weighted by Crippen LogP contribution is -2.14. The molecule has 0 saturated heterocycles. The van der Waals surface area contributed by atoms with E-state index in [1.54, 1.807) is 0 Å². The van der Waals surface area contributed by atoms with Gasteiger partial charge in [0, 0.05) is 12.3 Å². The van der Waals surface area contributed by atoms with Gasteiger partial charge in [0.15, 0.2) is 5.78 Å². The molecule has 0 aliphatic heterocycles. The fourth-order valence-corrected chi connectivity index (χ4v) is 1.21. The highest BCUT2D eigenvalue weighted by Crippen LogP contribution is 2.08. The predicted octanol–water partition coefficient (Wildman–Crippen LogP) is 2.59. The molecule has 60 valence electrons. The molecule has 0 aromatic heterocycles. The Morgan fingerprint density at radius 1 is 1.60 bits per heavy atom. The molecule has 0 bridgehead atoms. The molecule has 0 rings (SSSR count). The lowest BCUT2D eigenvalue weighted by atomic mass is 10.1. The van der Waals surface area contributed by atoms with Crippen LogP contribution in [0.3, 0.4) is 0 Å². The number of halogens is 2. The fraction of sp³-hybridized carbons (Fsp3) is 0.857. The number of Topliss-reactive ketones (excluding diaryl/α,β-unsaturated/α-hetero) is 1. The molecule has 3 heteroatoms. The number of hydrogen-bond acceptors (Lipinski definition) is 1. The van der Waals surface area contributed by atoms with Crippen LogP contribution in [0.15, 0.2) is 0 Å². The Balaban J connectivity index is 3.49. The number of ketones is 1. The van der Waals surface area contributed by atoms with Gasteiger partial charge in [0.1, 0.15) is 0 Å². The largest absolute Gasteiger partial charge is 0.298 e. The summed E-state index contributed by atoms with van der Waals surface area (Å²) in [6, 6.07) is 0. The molecule has 10 heavy (non-hydrogen) atoms. The summed E-state index contributed by atoms with van der Waals surface area (Å²) in [5.74, 6) is 0.577. The van der Waals surface area contributed by atoms with E-state index < -0.39 is 0 Å². The zero-order valence-corrected chi connectivity index (χ0v) is 7.58. The van der Waals surface area contributed by atoms with E-state index in [1.807, 2.05) is 6.92 Å². The van der Waals surface area contributed by atoms with Crippen molar-refractivity contribution in [3.05, 3.63) is 0 Å².